The molecule has 7 heteroatoms. The molecule has 0 saturated carbocycles. The molecule has 0 spiro atoms. The molecule has 0 unspecified atom stereocenters. The summed E-state index contributed by atoms with van der Waals surface area (Å²) in [5.41, 5.74) is 0.809. The summed E-state index contributed by atoms with van der Waals surface area (Å²) in [6.45, 7) is -0.320. The maximum absolute atomic E-state index is 12.2. The predicted octanol–water partition coefficient (Wildman–Crippen LogP) is 3.40. The van der Waals surface area contributed by atoms with E-state index in [0.717, 1.165) is 4.47 Å². The Balaban J connectivity index is 2.35. The van der Waals surface area contributed by atoms with Gasteiger partial charge in [0.1, 0.15) is 0 Å². The lowest BCUT2D eigenvalue weighted by Gasteiger charge is -2.10. The van der Waals surface area contributed by atoms with Gasteiger partial charge in [-0.1, -0.05) is 33.6 Å². The highest BCUT2D eigenvalue weighted by Gasteiger charge is 2.16. The van der Waals surface area contributed by atoms with Gasteiger partial charge in [-0.05, 0) is 42.0 Å². The maximum atomic E-state index is 12.2. The number of aliphatic hydroxyl groups excluding tert-OH is 1. The highest BCUT2D eigenvalue weighted by Crippen LogP contribution is 2.23. The minimum atomic E-state index is -3.72. The van der Waals surface area contributed by atoms with Crippen molar-refractivity contribution in [1.82, 2.24) is 0 Å². The Hall–Kier alpha value is -1.08. The molecular formula is C13H11BrClNO3S. The number of hydrogen-bond acceptors (Lipinski definition) is 3. The van der Waals surface area contributed by atoms with E-state index in [1.165, 1.54) is 18.2 Å². The molecule has 2 aromatic carbocycles. The standard InChI is InChI=1S/C13H11BrClNO3S/c14-10-2-1-3-11(7-10)16-20(18,19)12-4-5-13(15)9(6-12)8-17/h1-7,16-17H,8H2. The van der Waals surface area contributed by atoms with Gasteiger partial charge < -0.3 is 5.11 Å². The quantitative estimate of drug-likeness (QED) is 0.859. The molecule has 0 aromatic heterocycles. The van der Waals surface area contributed by atoms with Gasteiger partial charge in [-0.3, -0.25) is 4.72 Å². The number of halogens is 2. The summed E-state index contributed by atoms with van der Waals surface area (Å²) < 4.78 is 27.7. The fourth-order valence-electron chi connectivity index (χ4n) is 1.61. The van der Waals surface area contributed by atoms with Crippen LogP contribution in [0.2, 0.25) is 5.02 Å². The topological polar surface area (TPSA) is 66.4 Å². The van der Waals surface area contributed by atoms with Crippen molar-refractivity contribution in [3.63, 3.8) is 0 Å². The molecule has 0 saturated heterocycles. The zero-order valence-corrected chi connectivity index (χ0v) is 13.3. The van der Waals surface area contributed by atoms with E-state index in [1.54, 1.807) is 24.3 Å². The van der Waals surface area contributed by atoms with Crippen molar-refractivity contribution in [3.05, 3.63) is 57.5 Å². The van der Waals surface area contributed by atoms with E-state index in [0.29, 0.717) is 16.3 Å². The first-order chi connectivity index (χ1) is 9.42. The molecule has 0 bridgehead atoms. The molecule has 0 fully saturated rings. The number of nitrogens with one attached hydrogen (secondary N) is 1. The van der Waals surface area contributed by atoms with Gasteiger partial charge in [-0.15, -0.1) is 0 Å². The summed E-state index contributed by atoms with van der Waals surface area (Å²) in [4.78, 5) is 0.0472. The molecule has 2 aromatic rings. The molecule has 0 atom stereocenters. The lowest BCUT2D eigenvalue weighted by Crippen LogP contribution is -2.13. The van der Waals surface area contributed by atoms with Crippen molar-refractivity contribution >= 4 is 43.2 Å². The second-order valence-electron chi connectivity index (χ2n) is 4.03. The highest BCUT2D eigenvalue weighted by atomic mass is 79.9. The number of sulfonamides is 1. The van der Waals surface area contributed by atoms with E-state index < -0.39 is 10.0 Å². The van der Waals surface area contributed by atoms with Crippen LogP contribution in [0.15, 0.2) is 51.8 Å². The molecule has 0 amide bonds. The normalized spacial score (nSPS) is 11.3. The van der Waals surface area contributed by atoms with E-state index in [1.807, 2.05) is 0 Å². The molecule has 2 N–H and O–H groups in total. The number of benzene rings is 2. The van der Waals surface area contributed by atoms with Gasteiger partial charge in [0, 0.05) is 15.2 Å². The van der Waals surface area contributed by atoms with Gasteiger partial charge in [-0.2, -0.15) is 0 Å². The highest BCUT2D eigenvalue weighted by molar-refractivity contribution is 9.10. The number of hydrogen-bond donors (Lipinski definition) is 2. The molecule has 0 heterocycles. The summed E-state index contributed by atoms with van der Waals surface area (Å²) in [5.74, 6) is 0. The third-order valence-electron chi connectivity index (χ3n) is 2.57. The third kappa shape index (κ3) is 3.52. The van der Waals surface area contributed by atoms with Crippen LogP contribution in [0.3, 0.4) is 0 Å². The van der Waals surface area contributed by atoms with E-state index >= 15 is 0 Å². The Kier molecular flexibility index (Phi) is 4.70. The summed E-state index contributed by atoms with van der Waals surface area (Å²) in [6, 6.07) is 11.0. The van der Waals surface area contributed by atoms with Crippen molar-refractivity contribution < 1.29 is 13.5 Å². The van der Waals surface area contributed by atoms with Crippen LogP contribution in [-0.2, 0) is 16.6 Å². The zero-order valence-electron chi connectivity index (χ0n) is 10.2. The summed E-state index contributed by atoms with van der Waals surface area (Å²) in [5, 5.41) is 9.46. The molecule has 4 nitrogen and oxygen atoms in total. The second kappa shape index (κ2) is 6.13. The fourth-order valence-corrected chi connectivity index (χ4v) is 3.28. The minimum absolute atomic E-state index is 0.0472. The average molecular weight is 377 g/mol. The second-order valence-corrected chi connectivity index (χ2v) is 7.03. The molecule has 20 heavy (non-hydrogen) atoms. The Labute approximate surface area is 130 Å². The number of anilines is 1. The SMILES string of the molecule is O=S(=O)(Nc1cccc(Br)c1)c1ccc(Cl)c(CO)c1. The van der Waals surface area contributed by atoms with Gasteiger partial charge in [-0.25, -0.2) is 8.42 Å². The van der Waals surface area contributed by atoms with Crippen LogP contribution >= 0.6 is 27.5 Å². The smallest absolute Gasteiger partial charge is 0.261 e. The van der Waals surface area contributed by atoms with Gasteiger partial charge in [0.05, 0.1) is 11.5 Å². The first-order valence-electron chi connectivity index (χ1n) is 5.60. The van der Waals surface area contributed by atoms with Gasteiger partial charge in [0.15, 0.2) is 0 Å². The van der Waals surface area contributed by atoms with Crippen LogP contribution in [0.25, 0.3) is 0 Å². The van der Waals surface area contributed by atoms with E-state index in [9.17, 15) is 8.42 Å². The van der Waals surface area contributed by atoms with Crippen LogP contribution in [0, 0.1) is 0 Å². The van der Waals surface area contributed by atoms with Gasteiger partial charge in [0.25, 0.3) is 10.0 Å². The summed E-state index contributed by atoms with van der Waals surface area (Å²) in [7, 11) is -3.72. The molecule has 0 aliphatic rings. The van der Waals surface area contributed by atoms with E-state index in [-0.39, 0.29) is 11.5 Å². The lowest BCUT2D eigenvalue weighted by molar-refractivity contribution is 0.281. The zero-order chi connectivity index (χ0) is 14.8. The number of aliphatic hydroxyl groups is 1. The van der Waals surface area contributed by atoms with Gasteiger partial charge >= 0.3 is 0 Å². The Morgan fingerprint density at radius 1 is 1.20 bits per heavy atom. The Morgan fingerprint density at radius 3 is 2.60 bits per heavy atom. The molecule has 0 radical (unpaired) electrons. The van der Waals surface area contributed by atoms with Crippen molar-refractivity contribution in [1.29, 1.82) is 0 Å². The van der Waals surface area contributed by atoms with Crippen LogP contribution in [0.4, 0.5) is 5.69 Å². The fraction of sp³-hybridized carbons (Fsp3) is 0.0769. The van der Waals surface area contributed by atoms with Crippen LogP contribution in [-0.4, -0.2) is 13.5 Å². The summed E-state index contributed by atoms with van der Waals surface area (Å²) >= 11 is 9.12. The lowest BCUT2D eigenvalue weighted by atomic mass is 10.2. The predicted molar refractivity (Wildman–Crippen MR) is 82.3 cm³/mol. The Bertz CT molecular complexity index is 734. The van der Waals surface area contributed by atoms with Crippen molar-refractivity contribution in [2.45, 2.75) is 11.5 Å². The van der Waals surface area contributed by atoms with Crippen molar-refractivity contribution in [2.75, 3.05) is 4.72 Å². The first-order valence-corrected chi connectivity index (χ1v) is 8.25. The van der Waals surface area contributed by atoms with Gasteiger partial charge in [0.2, 0.25) is 0 Å². The van der Waals surface area contributed by atoms with Crippen LogP contribution in [0.1, 0.15) is 5.56 Å². The molecule has 0 aliphatic carbocycles. The average Bonchev–Trinajstić information content (AvgIpc) is 2.38. The summed E-state index contributed by atoms with van der Waals surface area (Å²) in [6.07, 6.45) is 0. The van der Waals surface area contributed by atoms with Crippen LogP contribution < -0.4 is 4.72 Å². The molecule has 106 valence electrons. The third-order valence-corrected chi connectivity index (χ3v) is 4.82. The first kappa shape index (κ1) is 15.3. The Morgan fingerprint density at radius 2 is 1.95 bits per heavy atom. The van der Waals surface area contributed by atoms with E-state index in [2.05, 4.69) is 20.7 Å². The monoisotopic (exact) mass is 375 g/mol. The number of rotatable bonds is 4. The largest absolute Gasteiger partial charge is 0.392 e. The van der Waals surface area contributed by atoms with Crippen molar-refractivity contribution in [2.24, 2.45) is 0 Å². The molecular weight excluding hydrogens is 366 g/mol. The maximum Gasteiger partial charge on any atom is 0.261 e. The van der Waals surface area contributed by atoms with Crippen LogP contribution in [0.5, 0.6) is 0 Å². The minimum Gasteiger partial charge on any atom is -0.392 e. The molecule has 2 rings (SSSR count). The van der Waals surface area contributed by atoms with Crippen molar-refractivity contribution in [3.8, 4) is 0 Å². The van der Waals surface area contributed by atoms with E-state index in [4.69, 9.17) is 16.7 Å². The molecule has 0 aliphatic heterocycles.